The van der Waals surface area contributed by atoms with E-state index in [0.717, 1.165) is 0 Å². The van der Waals surface area contributed by atoms with Crippen molar-refractivity contribution in [1.29, 1.82) is 0 Å². The highest BCUT2D eigenvalue weighted by Crippen LogP contribution is 2.32. The molecular weight excluding hydrogens is 396 g/mol. The van der Waals surface area contributed by atoms with Crippen LogP contribution in [0.25, 0.3) is 16.2 Å². The van der Waals surface area contributed by atoms with E-state index in [1.165, 1.54) is 29.5 Å². The van der Waals surface area contributed by atoms with Crippen LogP contribution in [0.15, 0.2) is 54.0 Å². The molecule has 0 atom stereocenters. The summed E-state index contributed by atoms with van der Waals surface area (Å²) in [5.74, 6) is -0.236. The first-order chi connectivity index (χ1) is 12.5. The highest BCUT2D eigenvalue weighted by Gasteiger charge is 2.19. The number of fused-ring (bicyclic) bond motifs is 1. The zero-order chi connectivity index (χ0) is 18.3. The second kappa shape index (κ2) is 6.72. The monoisotopic (exact) mass is 405 g/mol. The molecule has 0 bridgehead atoms. The summed E-state index contributed by atoms with van der Waals surface area (Å²) in [6.07, 6.45) is 1.80. The first kappa shape index (κ1) is 17.0. The Labute approximate surface area is 161 Å². The Morgan fingerprint density at radius 3 is 2.65 bits per heavy atom. The molecule has 1 N–H and O–H groups in total. The molecule has 2 heterocycles. The molecule has 0 spiro atoms. The summed E-state index contributed by atoms with van der Waals surface area (Å²) in [5, 5.41) is 5.42. The van der Waals surface area contributed by atoms with Gasteiger partial charge in [-0.2, -0.15) is 0 Å². The van der Waals surface area contributed by atoms with Crippen LogP contribution >= 0.6 is 34.5 Å². The van der Waals surface area contributed by atoms with E-state index in [9.17, 15) is 9.18 Å². The molecule has 0 aliphatic rings. The number of nitrogens with zero attached hydrogens (tertiary/aromatic N) is 2. The highest BCUT2D eigenvalue weighted by atomic mass is 35.5. The van der Waals surface area contributed by atoms with Crippen molar-refractivity contribution in [2.24, 2.45) is 0 Å². The van der Waals surface area contributed by atoms with Gasteiger partial charge < -0.3 is 5.32 Å². The lowest BCUT2D eigenvalue weighted by atomic mass is 10.1. The third-order valence-corrected chi connectivity index (χ3v) is 5.09. The number of carbonyl (C=O) groups excluding carboxylic acids is 1. The molecule has 4 nitrogen and oxygen atoms in total. The van der Waals surface area contributed by atoms with E-state index in [0.29, 0.717) is 32.6 Å². The Balaban J connectivity index is 1.77. The van der Waals surface area contributed by atoms with E-state index in [-0.39, 0.29) is 16.7 Å². The summed E-state index contributed by atoms with van der Waals surface area (Å²) >= 11 is 13.4. The molecule has 4 rings (SSSR count). The van der Waals surface area contributed by atoms with Crippen LogP contribution in [-0.2, 0) is 0 Å². The van der Waals surface area contributed by atoms with Gasteiger partial charge in [0.2, 0.25) is 0 Å². The molecule has 0 fully saturated rings. The Kier molecular flexibility index (Phi) is 4.40. The van der Waals surface area contributed by atoms with Gasteiger partial charge in [-0.25, -0.2) is 9.37 Å². The molecule has 0 aliphatic heterocycles. The molecule has 26 heavy (non-hydrogen) atoms. The quantitative estimate of drug-likeness (QED) is 0.470. The van der Waals surface area contributed by atoms with Crippen LogP contribution in [0.5, 0.6) is 0 Å². The van der Waals surface area contributed by atoms with Gasteiger partial charge >= 0.3 is 0 Å². The minimum Gasteiger partial charge on any atom is -0.306 e. The van der Waals surface area contributed by atoms with Gasteiger partial charge in [0.05, 0.1) is 10.6 Å². The molecule has 2 aromatic heterocycles. The average molecular weight is 406 g/mol. The Morgan fingerprint density at radius 1 is 1.15 bits per heavy atom. The number of aromatic nitrogens is 2. The number of rotatable bonds is 3. The van der Waals surface area contributed by atoms with Crippen molar-refractivity contribution in [3.05, 3.63) is 75.5 Å². The number of carbonyl (C=O) groups is 1. The third-order valence-electron chi connectivity index (χ3n) is 3.79. The second-order valence-corrected chi connectivity index (χ2v) is 7.17. The fraction of sp³-hybridized carbons (Fsp3) is 0. The fourth-order valence-electron chi connectivity index (χ4n) is 2.56. The SMILES string of the molecule is O=C(Nc1c(-c2ccc(F)cc2)nc2sccn12)c1ccc(Cl)cc1Cl. The maximum atomic E-state index is 13.2. The van der Waals surface area contributed by atoms with Crippen molar-refractivity contribution in [2.45, 2.75) is 0 Å². The lowest BCUT2D eigenvalue weighted by Crippen LogP contribution is -2.14. The van der Waals surface area contributed by atoms with Gasteiger partial charge in [0, 0.05) is 22.2 Å². The Bertz CT molecular complexity index is 1120. The normalized spacial score (nSPS) is 11.0. The molecule has 0 radical (unpaired) electrons. The van der Waals surface area contributed by atoms with Crippen LogP contribution in [0.4, 0.5) is 10.2 Å². The van der Waals surface area contributed by atoms with Gasteiger partial charge in [-0.05, 0) is 42.5 Å². The number of halogens is 3. The van der Waals surface area contributed by atoms with Crippen LogP contribution < -0.4 is 5.32 Å². The first-order valence-electron chi connectivity index (χ1n) is 7.51. The molecule has 130 valence electrons. The maximum absolute atomic E-state index is 13.2. The fourth-order valence-corrected chi connectivity index (χ4v) is 3.77. The van der Waals surface area contributed by atoms with Gasteiger partial charge in [0.15, 0.2) is 4.96 Å². The van der Waals surface area contributed by atoms with Crippen LogP contribution in [0.1, 0.15) is 10.4 Å². The Morgan fingerprint density at radius 2 is 1.92 bits per heavy atom. The zero-order valence-electron chi connectivity index (χ0n) is 13.0. The molecule has 0 saturated carbocycles. The third kappa shape index (κ3) is 3.07. The number of benzene rings is 2. The van der Waals surface area contributed by atoms with Crippen molar-refractivity contribution in [3.8, 4) is 11.3 Å². The summed E-state index contributed by atoms with van der Waals surface area (Å²) in [4.78, 5) is 18.0. The van der Waals surface area contributed by atoms with E-state index < -0.39 is 0 Å². The number of thiazole rings is 1. The van der Waals surface area contributed by atoms with E-state index in [1.54, 1.807) is 34.9 Å². The molecule has 1 amide bonds. The number of amides is 1. The van der Waals surface area contributed by atoms with Crippen molar-refractivity contribution in [3.63, 3.8) is 0 Å². The largest absolute Gasteiger partial charge is 0.306 e. The molecular formula is C18H10Cl2FN3OS. The van der Waals surface area contributed by atoms with Gasteiger partial charge in [-0.1, -0.05) is 23.2 Å². The zero-order valence-corrected chi connectivity index (χ0v) is 15.4. The number of hydrogen-bond donors (Lipinski definition) is 1. The molecule has 0 unspecified atom stereocenters. The van der Waals surface area contributed by atoms with E-state index in [2.05, 4.69) is 10.3 Å². The van der Waals surface area contributed by atoms with E-state index in [1.807, 2.05) is 5.38 Å². The number of hydrogen-bond acceptors (Lipinski definition) is 3. The lowest BCUT2D eigenvalue weighted by molar-refractivity contribution is 0.102. The molecule has 4 aromatic rings. The van der Waals surface area contributed by atoms with Crippen molar-refractivity contribution >= 4 is 51.2 Å². The van der Waals surface area contributed by atoms with Gasteiger partial charge in [0.25, 0.3) is 5.91 Å². The predicted molar refractivity (Wildman–Crippen MR) is 103 cm³/mol. The summed E-state index contributed by atoms with van der Waals surface area (Å²) in [5.41, 5.74) is 1.54. The number of anilines is 1. The van der Waals surface area contributed by atoms with Crippen LogP contribution in [-0.4, -0.2) is 15.3 Å². The minimum atomic E-state index is -0.386. The molecule has 0 saturated heterocycles. The average Bonchev–Trinajstić information content (AvgIpc) is 3.18. The van der Waals surface area contributed by atoms with E-state index in [4.69, 9.17) is 23.2 Å². The van der Waals surface area contributed by atoms with Gasteiger partial charge in [0.1, 0.15) is 17.3 Å². The Hall–Kier alpha value is -2.41. The predicted octanol–water partition coefficient (Wildman–Crippen LogP) is 5.76. The summed E-state index contributed by atoms with van der Waals surface area (Å²) in [7, 11) is 0. The highest BCUT2D eigenvalue weighted by molar-refractivity contribution is 7.15. The standard InChI is InChI=1S/C18H10Cl2FN3OS/c19-11-3-6-13(14(20)9-11)17(25)23-16-15(10-1-4-12(21)5-2-10)22-18-24(16)7-8-26-18/h1-9H,(H,23,25). The van der Waals surface area contributed by atoms with Crippen molar-refractivity contribution in [2.75, 3.05) is 5.32 Å². The summed E-state index contributed by atoms with van der Waals surface area (Å²) in [6.45, 7) is 0. The topological polar surface area (TPSA) is 46.4 Å². The van der Waals surface area contributed by atoms with Crippen LogP contribution in [0.2, 0.25) is 10.0 Å². The van der Waals surface area contributed by atoms with Crippen molar-refractivity contribution < 1.29 is 9.18 Å². The molecule has 0 aliphatic carbocycles. The number of imidazole rings is 1. The second-order valence-electron chi connectivity index (χ2n) is 5.45. The lowest BCUT2D eigenvalue weighted by Gasteiger charge is -2.08. The van der Waals surface area contributed by atoms with Crippen LogP contribution in [0, 0.1) is 5.82 Å². The summed E-state index contributed by atoms with van der Waals surface area (Å²) in [6, 6.07) is 10.6. The molecule has 2 aromatic carbocycles. The van der Waals surface area contributed by atoms with Crippen LogP contribution in [0.3, 0.4) is 0 Å². The maximum Gasteiger partial charge on any atom is 0.258 e. The summed E-state index contributed by atoms with van der Waals surface area (Å²) < 4.78 is 15.0. The van der Waals surface area contributed by atoms with Gasteiger partial charge in [-0.3, -0.25) is 9.20 Å². The smallest absolute Gasteiger partial charge is 0.258 e. The van der Waals surface area contributed by atoms with Gasteiger partial charge in [-0.15, -0.1) is 11.3 Å². The molecule has 8 heteroatoms. The van der Waals surface area contributed by atoms with Crippen molar-refractivity contribution in [1.82, 2.24) is 9.38 Å². The number of nitrogens with one attached hydrogen (secondary N) is 1. The van der Waals surface area contributed by atoms with E-state index >= 15 is 0 Å². The first-order valence-corrected chi connectivity index (χ1v) is 9.14. The minimum absolute atomic E-state index is 0.254.